The van der Waals surface area contributed by atoms with Crippen molar-refractivity contribution < 1.29 is 14.7 Å². The van der Waals surface area contributed by atoms with Crippen LogP contribution < -0.4 is 10.6 Å². The third-order valence-electron chi connectivity index (χ3n) is 2.48. The highest BCUT2D eigenvalue weighted by Crippen LogP contribution is 2.10. The molecular weight excluding hydrogens is 338 g/mol. The fourth-order valence-corrected chi connectivity index (χ4v) is 1.71. The maximum absolute atomic E-state index is 11.5. The second-order valence-corrected chi connectivity index (χ2v) is 4.99. The molecule has 0 aliphatic rings. The van der Waals surface area contributed by atoms with Crippen LogP contribution in [0.1, 0.15) is 5.56 Å². The van der Waals surface area contributed by atoms with Gasteiger partial charge in [-0.1, -0.05) is 28.1 Å². The topological polar surface area (TPSA) is 102 Å². The van der Waals surface area contributed by atoms with Gasteiger partial charge >= 0.3 is 5.97 Å². The lowest BCUT2D eigenvalue weighted by molar-refractivity contribution is -0.137. The molecule has 3 N–H and O–H groups in total. The normalized spacial score (nSPS) is 10.6. The molecule has 0 heterocycles. The molecule has 0 aliphatic heterocycles. The van der Waals surface area contributed by atoms with Crippen LogP contribution in [0.25, 0.3) is 0 Å². The van der Waals surface area contributed by atoms with Gasteiger partial charge in [0.05, 0.1) is 0 Å². The number of carbonyl (C=O) groups excluding carboxylic acids is 1. The standard InChI is InChI=1S/C14H14BrN3O3/c15-12-3-1-10(2-4-12)5-6-17-8-11(7-16)14(21)18-9-13(19)20/h1-4,8,17H,5-6,9H2,(H,18,21)(H,19,20)/b11-8-. The van der Waals surface area contributed by atoms with Gasteiger partial charge in [0.15, 0.2) is 0 Å². The summed E-state index contributed by atoms with van der Waals surface area (Å²) in [5, 5.41) is 22.3. The van der Waals surface area contributed by atoms with E-state index in [1.54, 1.807) is 6.07 Å². The first-order chi connectivity index (χ1) is 10.0. The SMILES string of the molecule is N#C/C(=C/NCCc1ccc(Br)cc1)C(=O)NCC(=O)O. The maximum atomic E-state index is 11.5. The second kappa shape index (κ2) is 8.76. The Morgan fingerprint density at radius 1 is 1.33 bits per heavy atom. The van der Waals surface area contributed by atoms with Gasteiger partial charge in [0.25, 0.3) is 5.91 Å². The summed E-state index contributed by atoms with van der Waals surface area (Å²) in [4.78, 5) is 21.8. The highest BCUT2D eigenvalue weighted by Gasteiger charge is 2.09. The van der Waals surface area contributed by atoms with Crippen LogP contribution in [-0.4, -0.2) is 30.1 Å². The number of halogens is 1. The van der Waals surface area contributed by atoms with Gasteiger partial charge in [0.2, 0.25) is 0 Å². The molecule has 6 nitrogen and oxygen atoms in total. The van der Waals surface area contributed by atoms with E-state index in [1.807, 2.05) is 24.3 Å². The molecule has 110 valence electrons. The highest BCUT2D eigenvalue weighted by molar-refractivity contribution is 9.10. The minimum Gasteiger partial charge on any atom is -0.480 e. The van der Waals surface area contributed by atoms with Crippen molar-refractivity contribution in [3.8, 4) is 6.07 Å². The van der Waals surface area contributed by atoms with Crippen LogP contribution in [0, 0.1) is 11.3 Å². The minimum atomic E-state index is -1.16. The Kier molecular flexibility index (Phi) is 6.98. The molecule has 0 radical (unpaired) electrons. The summed E-state index contributed by atoms with van der Waals surface area (Å²) in [6.45, 7) is 0.0375. The third kappa shape index (κ3) is 6.58. The van der Waals surface area contributed by atoms with Gasteiger partial charge in [-0.05, 0) is 24.1 Å². The van der Waals surface area contributed by atoms with Gasteiger partial charge in [-0.2, -0.15) is 5.26 Å². The van der Waals surface area contributed by atoms with Gasteiger partial charge in [-0.25, -0.2) is 0 Å². The number of rotatable bonds is 7. The lowest BCUT2D eigenvalue weighted by Crippen LogP contribution is -2.30. The van der Waals surface area contributed by atoms with Crippen molar-refractivity contribution in [1.29, 1.82) is 5.26 Å². The van der Waals surface area contributed by atoms with Crippen molar-refractivity contribution in [1.82, 2.24) is 10.6 Å². The van der Waals surface area contributed by atoms with E-state index in [0.717, 1.165) is 16.5 Å². The van der Waals surface area contributed by atoms with Crippen LogP contribution >= 0.6 is 15.9 Å². The number of carbonyl (C=O) groups is 2. The summed E-state index contributed by atoms with van der Waals surface area (Å²) in [5.74, 6) is -1.88. The molecular formula is C14H14BrN3O3. The zero-order valence-corrected chi connectivity index (χ0v) is 12.7. The molecule has 0 atom stereocenters. The number of carboxylic acids is 1. The zero-order chi connectivity index (χ0) is 15.7. The molecule has 0 aromatic heterocycles. The van der Waals surface area contributed by atoms with E-state index < -0.39 is 18.4 Å². The lowest BCUT2D eigenvalue weighted by Gasteiger charge is -2.04. The Balaban J connectivity index is 2.42. The zero-order valence-electron chi connectivity index (χ0n) is 11.1. The molecule has 0 spiro atoms. The van der Waals surface area contributed by atoms with Crippen molar-refractivity contribution in [2.45, 2.75) is 6.42 Å². The molecule has 7 heteroatoms. The average Bonchev–Trinajstić information content (AvgIpc) is 2.46. The van der Waals surface area contributed by atoms with Crippen LogP contribution in [0.4, 0.5) is 0 Å². The quantitative estimate of drug-likeness (QED) is 0.389. The molecule has 0 saturated heterocycles. The number of carboxylic acid groups (broad SMARTS) is 1. The van der Waals surface area contributed by atoms with Crippen molar-refractivity contribution in [3.05, 3.63) is 46.1 Å². The molecule has 1 aromatic carbocycles. The molecule has 0 saturated carbocycles. The number of hydrogen-bond acceptors (Lipinski definition) is 4. The van der Waals surface area contributed by atoms with E-state index in [0.29, 0.717) is 6.54 Å². The monoisotopic (exact) mass is 351 g/mol. The Morgan fingerprint density at radius 2 is 2.00 bits per heavy atom. The first-order valence-corrected chi connectivity index (χ1v) is 6.90. The van der Waals surface area contributed by atoms with E-state index in [-0.39, 0.29) is 5.57 Å². The van der Waals surface area contributed by atoms with Crippen LogP contribution in [-0.2, 0) is 16.0 Å². The van der Waals surface area contributed by atoms with Crippen molar-refractivity contribution in [2.75, 3.05) is 13.1 Å². The molecule has 1 aromatic rings. The van der Waals surface area contributed by atoms with Crippen molar-refractivity contribution in [2.24, 2.45) is 0 Å². The van der Waals surface area contributed by atoms with Gasteiger partial charge in [-0.3, -0.25) is 9.59 Å². The van der Waals surface area contributed by atoms with Gasteiger partial charge < -0.3 is 15.7 Å². The van der Waals surface area contributed by atoms with E-state index in [9.17, 15) is 9.59 Å². The summed E-state index contributed by atoms with van der Waals surface area (Å²) in [6.07, 6.45) is 2.02. The van der Waals surface area contributed by atoms with Crippen molar-refractivity contribution in [3.63, 3.8) is 0 Å². The Labute approximate surface area is 130 Å². The van der Waals surface area contributed by atoms with Gasteiger partial charge in [0, 0.05) is 17.2 Å². The number of nitriles is 1. The third-order valence-corrected chi connectivity index (χ3v) is 3.01. The molecule has 1 rings (SSSR count). The van der Waals surface area contributed by atoms with E-state index in [2.05, 4.69) is 26.6 Å². The second-order valence-electron chi connectivity index (χ2n) is 4.08. The number of aliphatic carboxylic acids is 1. The van der Waals surface area contributed by atoms with Crippen molar-refractivity contribution >= 4 is 27.8 Å². The fraction of sp³-hybridized carbons (Fsp3) is 0.214. The largest absolute Gasteiger partial charge is 0.480 e. The lowest BCUT2D eigenvalue weighted by atomic mass is 10.1. The van der Waals surface area contributed by atoms with E-state index in [1.165, 1.54) is 6.20 Å². The maximum Gasteiger partial charge on any atom is 0.322 e. The van der Waals surface area contributed by atoms with Crippen LogP contribution in [0.2, 0.25) is 0 Å². The summed E-state index contributed by atoms with van der Waals surface area (Å²) >= 11 is 3.35. The number of amides is 1. The van der Waals surface area contributed by atoms with E-state index in [4.69, 9.17) is 10.4 Å². The predicted molar refractivity (Wildman–Crippen MR) is 80.2 cm³/mol. The Bertz CT molecular complexity index is 576. The first kappa shape index (κ1) is 16.7. The highest BCUT2D eigenvalue weighted by atomic mass is 79.9. The van der Waals surface area contributed by atoms with Crippen LogP contribution in [0.3, 0.4) is 0 Å². The summed E-state index contributed by atoms with van der Waals surface area (Å²) in [6, 6.07) is 9.54. The Morgan fingerprint density at radius 3 is 2.57 bits per heavy atom. The summed E-state index contributed by atoms with van der Waals surface area (Å²) in [5.41, 5.74) is 0.958. The van der Waals surface area contributed by atoms with Crippen LogP contribution in [0.15, 0.2) is 40.5 Å². The van der Waals surface area contributed by atoms with E-state index >= 15 is 0 Å². The average molecular weight is 352 g/mol. The number of nitrogens with one attached hydrogen (secondary N) is 2. The molecule has 0 fully saturated rings. The first-order valence-electron chi connectivity index (χ1n) is 6.11. The molecule has 0 unspecified atom stereocenters. The predicted octanol–water partition coefficient (Wildman–Crippen LogP) is 1.19. The fourth-order valence-electron chi connectivity index (χ4n) is 1.44. The Hall–Kier alpha value is -2.33. The molecule has 0 aliphatic carbocycles. The molecule has 21 heavy (non-hydrogen) atoms. The van der Waals surface area contributed by atoms with Gasteiger partial charge in [-0.15, -0.1) is 0 Å². The van der Waals surface area contributed by atoms with Gasteiger partial charge in [0.1, 0.15) is 18.2 Å². The number of nitrogens with zero attached hydrogens (tertiary/aromatic N) is 1. The molecule has 1 amide bonds. The summed E-state index contributed by atoms with van der Waals surface area (Å²) < 4.78 is 1.00. The van der Waals surface area contributed by atoms with Crippen LogP contribution in [0.5, 0.6) is 0 Å². The molecule has 0 bridgehead atoms. The smallest absolute Gasteiger partial charge is 0.322 e. The number of hydrogen-bond donors (Lipinski definition) is 3. The number of benzene rings is 1. The minimum absolute atomic E-state index is 0.160. The summed E-state index contributed by atoms with van der Waals surface area (Å²) in [7, 11) is 0.